The molecule has 0 aliphatic heterocycles. The molecular formula is C14H18N2O2. The van der Waals surface area contributed by atoms with Crippen LogP contribution in [0.2, 0.25) is 0 Å². The fraction of sp³-hybridized carbons (Fsp3) is 0.429. The van der Waals surface area contributed by atoms with Crippen molar-refractivity contribution >= 4 is 5.91 Å². The number of nitriles is 1. The van der Waals surface area contributed by atoms with Gasteiger partial charge in [0.05, 0.1) is 13.2 Å². The van der Waals surface area contributed by atoms with Crippen molar-refractivity contribution in [1.82, 2.24) is 5.32 Å². The molecule has 0 aliphatic carbocycles. The van der Waals surface area contributed by atoms with Gasteiger partial charge in [-0.2, -0.15) is 5.26 Å². The van der Waals surface area contributed by atoms with Gasteiger partial charge in [0.2, 0.25) is 5.91 Å². The van der Waals surface area contributed by atoms with E-state index in [0.717, 1.165) is 16.9 Å². The van der Waals surface area contributed by atoms with Gasteiger partial charge in [-0.05, 0) is 26.8 Å². The molecular weight excluding hydrogens is 228 g/mol. The molecule has 0 heterocycles. The molecule has 18 heavy (non-hydrogen) atoms. The molecule has 0 atom stereocenters. The molecule has 96 valence electrons. The highest BCUT2D eigenvalue weighted by atomic mass is 16.5. The Hall–Kier alpha value is -2.02. The van der Waals surface area contributed by atoms with Gasteiger partial charge in [-0.25, -0.2) is 0 Å². The topological polar surface area (TPSA) is 62.1 Å². The number of hydrogen-bond acceptors (Lipinski definition) is 3. The lowest BCUT2D eigenvalue weighted by molar-refractivity contribution is -0.126. The summed E-state index contributed by atoms with van der Waals surface area (Å²) in [4.78, 5) is 11.8. The number of benzene rings is 1. The van der Waals surface area contributed by atoms with Crippen molar-refractivity contribution < 1.29 is 9.53 Å². The molecule has 0 aliphatic rings. The summed E-state index contributed by atoms with van der Waals surface area (Å²) >= 11 is 0. The number of ether oxygens (including phenoxy) is 1. The largest absolute Gasteiger partial charge is 0.496 e. The van der Waals surface area contributed by atoms with E-state index in [-0.39, 0.29) is 5.91 Å². The highest BCUT2D eigenvalue weighted by Gasteiger charge is 2.26. The Morgan fingerprint density at radius 3 is 2.72 bits per heavy atom. The van der Waals surface area contributed by atoms with Crippen LogP contribution in [-0.2, 0) is 11.3 Å². The molecule has 1 aromatic carbocycles. The number of hydrogen-bond donors (Lipinski definition) is 1. The zero-order valence-corrected chi connectivity index (χ0v) is 11.2. The van der Waals surface area contributed by atoms with Crippen LogP contribution >= 0.6 is 0 Å². The van der Waals surface area contributed by atoms with Gasteiger partial charge in [0.15, 0.2) is 0 Å². The fourth-order valence-electron chi connectivity index (χ4n) is 1.49. The third kappa shape index (κ3) is 3.24. The smallest absolute Gasteiger partial charge is 0.240 e. The lowest BCUT2D eigenvalue weighted by Crippen LogP contribution is -2.35. The quantitative estimate of drug-likeness (QED) is 0.885. The van der Waals surface area contributed by atoms with Crippen molar-refractivity contribution in [2.24, 2.45) is 5.41 Å². The van der Waals surface area contributed by atoms with Crippen molar-refractivity contribution in [3.63, 3.8) is 0 Å². The summed E-state index contributed by atoms with van der Waals surface area (Å²) in [6.45, 7) is 5.52. The maximum atomic E-state index is 11.8. The molecule has 1 N–H and O–H groups in total. The summed E-state index contributed by atoms with van der Waals surface area (Å²) in [5, 5.41) is 11.6. The molecule has 0 radical (unpaired) electrons. The Kier molecular flexibility index (Phi) is 4.33. The SMILES string of the molecule is COc1ccc(C)cc1CNC(=O)C(C)(C)C#N. The van der Waals surface area contributed by atoms with Gasteiger partial charge in [-0.15, -0.1) is 0 Å². The van der Waals surface area contributed by atoms with Gasteiger partial charge in [0, 0.05) is 12.1 Å². The maximum absolute atomic E-state index is 11.8. The molecule has 4 heteroatoms. The van der Waals surface area contributed by atoms with E-state index >= 15 is 0 Å². The van der Waals surface area contributed by atoms with E-state index < -0.39 is 5.41 Å². The molecule has 0 bridgehead atoms. The molecule has 1 amide bonds. The molecule has 1 aromatic rings. The monoisotopic (exact) mass is 246 g/mol. The molecule has 0 saturated carbocycles. The zero-order chi connectivity index (χ0) is 13.8. The van der Waals surface area contributed by atoms with Crippen LogP contribution in [0.15, 0.2) is 18.2 Å². The Labute approximate surface area is 108 Å². The van der Waals surface area contributed by atoms with E-state index in [0.29, 0.717) is 6.54 Å². The summed E-state index contributed by atoms with van der Waals surface area (Å²) in [6, 6.07) is 7.75. The van der Waals surface area contributed by atoms with E-state index in [4.69, 9.17) is 10.00 Å². The molecule has 0 spiro atoms. The number of carbonyl (C=O) groups is 1. The van der Waals surface area contributed by atoms with Gasteiger partial charge in [0.1, 0.15) is 11.2 Å². The van der Waals surface area contributed by atoms with Crippen molar-refractivity contribution in [3.8, 4) is 11.8 Å². The number of aryl methyl sites for hydroxylation is 1. The standard InChI is InChI=1S/C14H18N2O2/c1-10-5-6-12(18-4)11(7-10)8-16-13(17)14(2,3)9-15/h5-7H,8H2,1-4H3,(H,16,17). The number of carbonyl (C=O) groups excluding carboxylic acids is 1. The second-order valence-corrected chi connectivity index (χ2v) is 4.73. The van der Waals surface area contributed by atoms with Gasteiger partial charge in [-0.3, -0.25) is 4.79 Å². The normalized spacial score (nSPS) is 10.6. The lowest BCUT2D eigenvalue weighted by Gasteiger charge is -2.16. The van der Waals surface area contributed by atoms with Crippen LogP contribution in [0.1, 0.15) is 25.0 Å². The first-order valence-electron chi connectivity index (χ1n) is 5.74. The van der Waals surface area contributed by atoms with Gasteiger partial charge >= 0.3 is 0 Å². The number of nitrogens with zero attached hydrogens (tertiary/aromatic N) is 1. The highest BCUT2D eigenvalue weighted by Crippen LogP contribution is 2.20. The third-order valence-electron chi connectivity index (χ3n) is 2.72. The second-order valence-electron chi connectivity index (χ2n) is 4.73. The molecule has 4 nitrogen and oxygen atoms in total. The maximum Gasteiger partial charge on any atom is 0.240 e. The summed E-state index contributed by atoms with van der Waals surface area (Å²) in [7, 11) is 1.59. The van der Waals surface area contributed by atoms with Crippen LogP contribution in [-0.4, -0.2) is 13.0 Å². The first-order chi connectivity index (χ1) is 8.40. The first-order valence-corrected chi connectivity index (χ1v) is 5.74. The minimum absolute atomic E-state index is 0.284. The molecule has 0 saturated heterocycles. The first kappa shape index (κ1) is 14.0. The summed E-state index contributed by atoms with van der Waals surface area (Å²) in [5.41, 5.74) is 0.982. The number of amides is 1. The summed E-state index contributed by atoms with van der Waals surface area (Å²) in [6.07, 6.45) is 0. The van der Waals surface area contributed by atoms with Crippen LogP contribution in [0.4, 0.5) is 0 Å². The molecule has 0 unspecified atom stereocenters. The predicted octanol–water partition coefficient (Wildman–Crippen LogP) is 2.17. The van der Waals surface area contributed by atoms with Gasteiger partial charge in [0.25, 0.3) is 0 Å². The predicted molar refractivity (Wildman–Crippen MR) is 69.0 cm³/mol. The Balaban J connectivity index is 2.78. The van der Waals surface area contributed by atoms with Crippen molar-refractivity contribution in [3.05, 3.63) is 29.3 Å². The van der Waals surface area contributed by atoms with Crippen LogP contribution < -0.4 is 10.1 Å². The second kappa shape index (κ2) is 5.54. The molecule has 0 aromatic heterocycles. The number of rotatable bonds is 4. The van der Waals surface area contributed by atoms with E-state index in [1.165, 1.54) is 0 Å². The Morgan fingerprint density at radius 1 is 1.50 bits per heavy atom. The summed E-state index contributed by atoms with van der Waals surface area (Å²) in [5.74, 6) is 0.448. The highest BCUT2D eigenvalue weighted by molar-refractivity contribution is 5.84. The number of methoxy groups -OCH3 is 1. The zero-order valence-electron chi connectivity index (χ0n) is 11.2. The van der Waals surface area contributed by atoms with E-state index in [1.807, 2.05) is 31.2 Å². The third-order valence-corrected chi connectivity index (χ3v) is 2.72. The average molecular weight is 246 g/mol. The van der Waals surface area contributed by atoms with Gasteiger partial charge in [-0.1, -0.05) is 17.7 Å². The molecule has 0 fully saturated rings. The van der Waals surface area contributed by atoms with Crippen molar-refractivity contribution in [2.45, 2.75) is 27.3 Å². The van der Waals surface area contributed by atoms with Crippen LogP contribution in [0, 0.1) is 23.7 Å². The van der Waals surface area contributed by atoms with Gasteiger partial charge < -0.3 is 10.1 Å². The summed E-state index contributed by atoms with van der Waals surface area (Å²) < 4.78 is 5.23. The Bertz CT molecular complexity index is 487. The molecule has 1 rings (SSSR count). The average Bonchev–Trinajstić information content (AvgIpc) is 2.36. The van der Waals surface area contributed by atoms with Crippen LogP contribution in [0.5, 0.6) is 5.75 Å². The minimum atomic E-state index is -1.02. The number of nitrogens with one attached hydrogen (secondary N) is 1. The van der Waals surface area contributed by atoms with Crippen molar-refractivity contribution in [2.75, 3.05) is 7.11 Å². The lowest BCUT2D eigenvalue weighted by atomic mass is 9.94. The fourth-order valence-corrected chi connectivity index (χ4v) is 1.49. The van der Waals surface area contributed by atoms with Crippen LogP contribution in [0.3, 0.4) is 0 Å². The minimum Gasteiger partial charge on any atom is -0.496 e. The van der Waals surface area contributed by atoms with Crippen molar-refractivity contribution in [1.29, 1.82) is 5.26 Å². The van der Waals surface area contributed by atoms with Crippen LogP contribution in [0.25, 0.3) is 0 Å². The Morgan fingerprint density at radius 2 is 2.17 bits per heavy atom. The van der Waals surface area contributed by atoms with E-state index in [2.05, 4.69) is 5.32 Å². The van der Waals surface area contributed by atoms with E-state index in [1.54, 1.807) is 21.0 Å². The van der Waals surface area contributed by atoms with E-state index in [9.17, 15) is 4.79 Å².